The molecule has 10 heavy (non-hydrogen) atoms. The van der Waals surface area contributed by atoms with E-state index in [-0.39, 0.29) is 0 Å². The minimum atomic E-state index is 0.389. The van der Waals surface area contributed by atoms with Crippen molar-refractivity contribution in [1.29, 1.82) is 0 Å². The second kappa shape index (κ2) is 5.21. The summed E-state index contributed by atoms with van der Waals surface area (Å²) in [7, 11) is 0.389. The Labute approximate surface area is 62.5 Å². The highest BCUT2D eigenvalue weighted by molar-refractivity contribution is 6.19. The third kappa shape index (κ3) is 3.43. The smallest absolute Gasteiger partial charge is 0.532 e. The van der Waals surface area contributed by atoms with Crippen LogP contribution in [0.25, 0.3) is 0 Å². The van der Waals surface area contributed by atoms with Crippen molar-refractivity contribution < 1.29 is 9.31 Å². The van der Waals surface area contributed by atoms with Gasteiger partial charge in [-0.15, -0.1) is 0 Å². The first-order valence-electron chi connectivity index (χ1n) is 3.88. The fraction of sp³-hybridized carbons (Fsp3) is 0.714. The molecule has 0 N–H and O–H groups in total. The van der Waals surface area contributed by atoms with Crippen molar-refractivity contribution in [1.82, 2.24) is 0 Å². The Balaban J connectivity index is 0.0000001000. The van der Waals surface area contributed by atoms with Gasteiger partial charge < -0.3 is 9.31 Å². The molecule has 0 bridgehead atoms. The lowest BCUT2D eigenvalue weighted by atomic mass is 10.4. The fourth-order valence-electron chi connectivity index (χ4n) is 1.08. The van der Waals surface area contributed by atoms with E-state index >= 15 is 0 Å². The van der Waals surface area contributed by atoms with E-state index in [9.17, 15) is 0 Å². The summed E-state index contributed by atoms with van der Waals surface area (Å²) in [5, 5.41) is 0. The van der Waals surface area contributed by atoms with Gasteiger partial charge in [-0.2, -0.15) is 0 Å². The molecular weight excluding hydrogens is 127 g/mol. The number of hydrogen-bond donors (Lipinski definition) is 0. The highest BCUT2D eigenvalue weighted by Gasteiger charge is 1.95. The summed E-state index contributed by atoms with van der Waals surface area (Å²) in [6, 6.07) is 0. The summed E-state index contributed by atoms with van der Waals surface area (Å²) < 4.78 is 9.08. The van der Waals surface area contributed by atoms with Gasteiger partial charge in [0.15, 0.2) is 0 Å². The summed E-state index contributed by atoms with van der Waals surface area (Å²) >= 11 is 0. The van der Waals surface area contributed by atoms with Gasteiger partial charge in [-0.1, -0.05) is 32.1 Å². The van der Waals surface area contributed by atoms with Gasteiger partial charge in [-0.05, 0) is 0 Å². The van der Waals surface area contributed by atoms with Gasteiger partial charge in [0.1, 0.15) is 0 Å². The van der Waals surface area contributed by atoms with E-state index in [1.165, 1.54) is 44.6 Å². The average molecular weight is 140 g/mol. The Kier molecular flexibility index (Phi) is 3.91. The molecule has 1 aliphatic heterocycles. The van der Waals surface area contributed by atoms with Crippen molar-refractivity contribution in [2.75, 3.05) is 0 Å². The molecule has 0 unspecified atom stereocenters. The molecule has 1 aliphatic carbocycles. The molecule has 3 heteroatoms. The van der Waals surface area contributed by atoms with Gasteiger partial charge in [-0.3, -0.25) is 0 Å². The predicted molar refractivity (Wildman–Crippen MR) is 41.5 cm³/mol. The zero-order chi connectivity index (χ0) is 7.07. The lowest BCUT2D eigenvalue weighted by Crippen LogP contribution is -1.82. The standard InChI is InChI=1S/C5H10.C2H3BO2/c1-2-4-5-3-1;1-2-5-3-4-1/h1-5H2;1-3H. The van der Waals surface area contributed by atoms with Crippen molar-refractivity contribution >= 4 is 7.69 Å². The van der Waals surface area contributed by atoms with Crippen LogP contribution in [0.15, 0.2) is 12.5 Å². The normalized spacial score (nSPS) is 20.0. The first-order chi connectivity index (χ1) is 5.00. The number of rotatable bonds is 0. The van der Waals surface area contributed by atoms with Crippen molar-refractivity contribution in [2.45, 2.75) is 32.1 Å². The zero-order valence-electron chi connectivity index (χ0n) is 6.21. The second-order valence-corrected chi connectivity index (χ2v) is 2.49. The Bertz CT molecular complexity index is 86.2. The molecule has 56 valence electrons. The van der Waals surface area contributed by atoms with E-state index in [0.717, 1.165) is 0 Å². The predicted octanol–water partition coefficient (Wildman–Crippen LogP) is 1.72. The van der Waals surface area contributed by atoms with Crippen molar-refractivity contribution in [2.24, 2.45) is 0 Å². The molecule has 1 fully saturated rings. The molecule has 0 spiro atoms. The van der Waals surface area contributed by atoms with Crippen LogP contribution < -0.4 is 0 Å². The van der Waals surface area contributed by atoms with Crippen LogP contribution in [0.3, 0.4) is 0 Å². The SMILES string of the molecule is B1OC=CO1.C1CCCC1. The molecule has 0 aromatic heterocycles. The maximum atomic E-state index is 4.54. The Hall–Kier alpha value is -0.595. The molecule has 0 saturated heterocycles. The van der Waals surface area contributed by atoms with Gasteiger partial charge in [0.05, 0.1) is 12.5 Å². The van der Waals surface area contributed by atoms with Gasteiger partial charge in [0.25, 0.3) is 0 Å². The lowest BCUT2D eigenvalue weighted by molar-refractivity contribution is 0.444. The van der Waals surface area contributed by atoms with E-state index in [4.69, 9.17) is 0 Å². The molecule has 2 nitrogen and oxygen atoms in total. The average Bonchev–Trinajstić information content (AvgIpc) is 2.67. The summed E-state index contributed by atoms with van der Waals surface area (Å²) in [6.07, 6.45) is 10.5. The van der Waals surface area contributed by atoms with Crippen LogP contribution in [-0.4, -0.2) is 7.69 Å². The Morgan fingerprint density at radius 2 is 1.20 bits per heavy atom. The third-order valence-electron chi connectivity index (χ3n) is 1.63. The van der Waals surface area contributed by atoms with Crippen molar-refractivity contribution in [3.8, 4) is 0 Å². The van der Waals surface area contributed by atoms with E-state index in [2.05, 4.69) is 9.31 Å². The summed E-state index contributed by atoms with van der Waals surface area (Å²) in [6.45, 7) is 0. The summed E-state index contributed by atoms with van der Waals surface area (Å²) in [4.78, 5) is 0. The van der Waals surface area contributed by atoms with Gasteiger partial charge >= 0.3 is 7.69 Å². The molecule has 0 aromatic rings. The largest absolute Gasteiger partial charge is 0.575 e. The number of hydrogen-bond acceptors (Lipinski definition) is 2. The minimum Gasteiger partial charge on any atom is -0.532 e. The molecule has 1 saturated carbocycles. The van der Waals surface area contributed by atoms with Gasteiger partial charge in [0.2, 0.25) is 0 Å². The molecule has 1 heterocycles. The Morgan fingerprint density at radius 3 is 1.40 bits per heavy atom. The molecule has 0 atom stereocenters. The van der Waals surface area contributed by atoms with Crippen LogP contribution in [-0.2, 0) is 9.31 Å². The summed E-state index contributed by atoms with van der Waals surface area (Å²) in [5.74, 6) is 0. The van der Waals surface area contributed by atoms with Crippen molar-refractivity contribution in [3.05, 3.63) is 12.5 Å². The highest BCUT2D eigenvalue weighted by atomic mass is 16.6. The highest BCUT2D eigenvalue weighted by Crippen LogP contribution is 2.15. The lowest BCUT2D eigenvalue weighted by Gasteiger charge is -1.77. The van der Waals surface area contributed by atoms with Crippen LogP contribution in [0.4, 0.5) is 0 Å². The molecule has 0 radical (unpaired) electrons. The monoisotopic (exact) mass is 140 g/mol. The molecule has 0 aromatic carbocycles. The summed E-state index contributed by atoms with van der Waals surface area (Å²) in [5.41, 5.74) is 0. The fourth-order valence-corrected chi connectivity index (χ4v) is 1.08. The Morgan fingerprint density at radius 1 is 0.800 bits per heavy atom. The van der Waals surface area contributed by atoms with Crippen LogP contribution in [0.5, 0.6) is 0 Å². The molecule has 0 amide bonds. The van der Waals surface area contributed by atoms with Crippen LogP contribution in [0, 0.1) is 0 Å². The zero-order valence-corrected chi connectivity index (χ0v) is 6.21. The quantitative estimate of drug-likeness (QED) is 0.477. The van der Waals surface area contributed by atoms with Gasteiger partial charge in [-0.25, -0.2) is 0 Å². The maximum absolute atomic E-state index is 4.54. The van der Waals surface area contributed by atoms with E-state index < -0.39 is 0 Å². The van der Waals surface area contributed by atoms with E-state index in [0.29, 0.717) is 7.69 Å². The van der Waals surface area contributed by atoms with Crippen molar-refractivity contribution in [3.63, 3.8) is 0 Å². The minimum absolute atomic E-state index is 0.389. The van der Waals surface area contributed by atoms with Crippen LogP contribution >= 0.6 is 0 Å². The van der Waals surface area contributed by atoms with Crippen LogP contribution in [0.1, 0.15) is 32.1 Å². The second-order valence-electron chi connectivity index (χ2n) is 2.49. The molecular formula is C7H13BO2. The van der Waals surface area contributed by atoms with E-state index in [1.54, 1.807) is 0 Å². The topological polar surface area (TPSA) is 18.5 Å². The maximum Gasteiger partial charge on any atom is 0.575 e. The molecule has 2 rings (SSSR count). The van der Waals surface area contributed by atoms with Crippen LogP contribution in [0.2, 0.25) is 0 Å². The third-order valence-corrected chi connectivity index (χ3v) is 1.63. The first kappa shape index (κ1) is 7.51. The molecule has 2 aliphatic rings. The van der Waals surface area contributed by atoms with E-state index in [1.807, 2.05) is 0 Å². The first-order valence-corrected chi connectivity index (χ1v) is 3.88. The van der Waals surface area contributed by atoms with Gasteiger partial charge in [0, 0.05) is 0 Å².